The maximum atomic E-state index is 11.6. The number of carbonyl (C=O) groups is 3. The number of ether oxygens (including phenoxy) is 2. The third kappa shape index (κ3) is 2.35. The summed E-state index contributed by atoms with van der Waals surface area (Å²) in [6.07, 6.45) is 0.515. The second kappa shape index (κ2) is 5.63. The zero-order valence-electron chi connectivity index (χ0n) is 9.52. The molecule has 1 rings (SSSR count). The van der Waals surface area contributed by atoms with Crippen molar-refractivity contribution in [2.45, 2.75) is 0 Å². The van der Waals surface area contributed by atoms with Crippen LogP contribution in [0.2, 0.25) is 0 Å². The fraction of sp³-hybridized carbons (Fsp3) is 0.182. The van der Waals surface area contributed by atoms with Crippen LogP contribution in [0.15, 0.2) is 10.5 Å². The molecule has 6 nitrogen and oxygen atoms in total. The number of carboxylic acid groups (broad SMARTS) is 1. The molecular formula is C11H9BrO6. The third-order valence-corrected chi connectivity index (χ3v) is 2.80. The number of aldehydes is 1. The average molecular weight is 317 g/mol. The van der Waals surface area contributed by atoms with Crippen molar-refractivity contribution in [2.24, 2.45) is 0 Å². The highest BCUT2D eigenvalue weighted by atomic mass is 79.9. The molecule has 0 saturated heterocycles. The normalized spacial score (nSPS) is 9.72. The molecule has 18 heavy (non-hydrogen) atoms. The highest BCUT2D eigenvalue weighted by Gasteiger charge is 2.27. The van der Waals surface area contributed by atoms with Gasteiger partial charge in [-0.2, -0.15) is 0 Å². The maximum absolute atomic E-state index is 11.6. The molecule has 0 spiro atoms. The number of carboxylic acids is 1. The highest BCUT2D eigenvalue weighted by molar-refractivity contribution is 9.10. The SMILES string of the molecule is COc1c(C=O)cc(Br)c(C(=O)C(=O)O)c1OC. The van der Waals surface area contributed by atoms with Gasteiger partial charge in [0, 0.05) is 4.47 Å². The first-order valence-corrected chi connectivity index (χ1v) is 5.44. The fourth-order valence-corrected chi connectivity index (χ4v) is 2.05. The Morgan fingerprint density at radius 1 is 1.28 bits per heavy atom. The number of benzene rings is 1. The Morgan fingerprint density at radius 3 is 2.22 bits per heavy atom. The molecule has 0 aromatic heterocycles. The topological polar surface area (TPSA) is 89.9 Å². The van der Waals surface area contributed by atoms with E-state index in [1.807, 2.05) is 0 Å². The van der Waals surface area contributed by atoms with Crippen molar-refractivity contribution in [1.29, 1.82) is 0 Å². The second-order valence-electron chi connectivity index (χ2n) is 3.14. The molecule has 7 heteroatoms. The van der Waals surface area contributed by atoms with E-state index in [9.17, 15) is 14.4 Å². The fourth-order valence-electron chi connectivity index (χ4n) is 1.44. The van der Waals surface area contributed by atoms with Crippen LogP contribution in [0.5, 0.6) is 11.5 Å². The minimum atomic E-state index is -1.63. The summed E-state index contributed by atoms with van der Waals surface area (Å²) in [5.41, 5.74) is -0.0596. The van der Waals surface area contributed by atoms with Gasteiger partial charge in [0.25, 0.3) is 5.78 Å². The van der Waals surface area contributed by atoms with Gasteiger partial charge in [0.1, 0.15) is 0 Å². The minimum Gasteiger partial charge on any atom is -0.492 e. The van der Waals surface area contributed by atoms with Crippen LogP contribution in [0.1, 0.15) is 20.7 Å². The van der Waals surface area contributed by atoms with Gasteiger partial charge in [0.15, 0.2) is 17.8 Å². The van der Waals surface area contributed by atoms with Crippen LogP contribution in [0.4, 0.5) is 0 Å². The number of hydrogen-bond acceptors (Lipinski definition) is 5. The Balaban J connectivity index is 3.66. The lowest BCUT2D eigenvalue weighted by molar-refractivity contribution is -0.131. The Kier molecular flexibility index (Phi) is 4.43. The predicted octanol–water partition coefficient (Wildman–Crippen LogP) is 1.55. The van der Waals surface area contributed by atoms with Gasteiger partial charge in [-0.15, -0.1) is 0 Å². The van der Waals surface area contributed by atoms with Crippen molar-refractivity contribution in [3.63, 3.8) is 0 Å². The van der Waals surface area contributed by atoms with Crippen molar-refractivity contribution >= 4 is 34.0 Å². The molecule has 0 atom stereocenters. The van der Waals surface area contributed by atoms with Gasteiger partial charge < -0.3 is 14.6 Å². The first kappa shape index (κ1) is 14.2. The van der Waals surface area contributed by atoms with Crippen LogP contribution in [0.3, 0.4) is 0 Å². The molecule has 0 aliphatic carbocycles. The van der Waals surface area contributed by atoms with E-state index < -0.39 is 11.8 Å². The van der Waals surface area contributed by atoms with Gasteiger partial charge in [0.2, 0.25) is 0 Å². The molecule has 0 aliphatic rings. The van der Waals surface area contributed by atoms with Crippen LogP contribution < -0.4 is 9.47 Å². The summed E-state index contributed by atoms with van der Waals surface area (Å²) in [4.78, 5) is 33.2. The lowest BCUT2D eigenvalue weighted by Gasteiger charge is -2.14. The van der Waals surface area contributed by atoms with Gasteiger partial charge in [-0.25, -0.2) is 4.79 Å². The molecule has 0 aliphatic heterocycles. The van der Waals surface area contributed by atoms with E-state index in [-0.39, 0.29) is 27.1 Å². The molecule has 0 amide bonds. The summed E-state index contributed by atoms with van der Waals surface area (Å²) in [7, 11) is 2.53. The first-order valence-electron chi connectivity index (χ1n) is 4.65. The lowest BCUT2D eigenvalue weighted by Crippen LogP contribution is -2.15. The summed E-state index contributed by atoms with van der Waals surface area (Å²) in [6, 6.07) is 1.30. The van der Waals surface area contributed by atoms with E-state index in [0.29, 0.717) is 6.29 Å². The standard InChI is InChI=1S/C11H9BrO6/c1-17-9-5(4-13)3-6(12)7(10(9)18-2)8(14)11(15)16/h3-4H,1-2H3,(H,15,16). The molecule has 0 unspecified atom stereocenters. The molecule has 1 N–H and O–H groups in total. The van der Waals surface area contributed by atoms with Gasteiger partial charge >= 0.3 is 5.97 Å². The predicted molar refractivity (Wildman–Crippen MR) is 64.6 cm³/mol. The molecule has 1 aromatic rings. The van der Waals surface area contributed by atoms with Crippen LogP contribution in [0, 0.1) is 0 Å². The monoisotopic (exact) mass is 316 g/mol. The van der Waals surface area contributed by atoms with E-state index >= 15 is 0 Å². The van der Waals surface area contributed by atoms with Crippen LogP contribution in [-0.2, 0) is 4.79 Å². The van der Waals surface area contributed by atoms with Crippen molar-refractivity contribution in [2.75, 3.05) is 14.2 Å². The molecule has 0 bridgehead atoms. The summed E-state index contributed by atoms with van der Waals surface area (Å²) >= 11 is 3.03. The Labute approximate surface area is 111 Å². The molecule has 0 heterocycles. The molecule has 0 fully saturated rings. The molecule has 96 valence electrons. The zero-order valence-corrected chi connectivity index (χ0v) is 11.1. The smallest absolute Gasteiger partial charge is 0.377 e. The summed E-state index contributed by atoms with van der Waals surface area (Å²) in [6.45, 7) is 0. The Morgan fingerprint density at radius 2 is 1.83 bits per heavy atom. The number of methoxy groups -OCH3 is 2. The second-order valence-corrected chi connectivity index (χ2v) is 4.00. The van der Waals surface area contributed by atoms with Crippen molar-refractivity contribution < 1.29 is 29.0 Å². The van der Waals surface area contributed by atoms with E-state index in [4.69, 9.17) is 14.6 Å². The minimum absolute atomic E-state index is 0.0142. The van der Waals surface area contributed by atoms with Gasteiger partial charge in [-0.3, -0.25) is 9.59 Å². The number of Topliss-reactive ketones (excluding diaryl/α,β-unsaturated/α-hetero) is 1. The summed E-state index contributed by atoms with van der Waals surface area (Å²) < 4.78 is 10.1. The number of ketones is 1. The summed E-state index contributed by atoms with van der Waals surface area (Å²) in [5.74, 6) is -2.87. The van der Waals surface area contributed by atoms with E-state index in [0.717, 1.165) is 0 Å². The number of carbonyl (C=O) groups excluding carboxylic acids is 2. The van der Waals surface area contributed by atoms with Gasteiger partial charge in [0.05, 0.1) is 25.3 Å². The summed E-state index contributed by atoms with van der Waals surface area (Å²) in [5, 5.41) is 8.73. The van der Waals surface area contributed by atoms with E-state index in [1.165, 1.54) is 20.3 Å². The van der Waals surface area contributed by atoms with E-state index in [1.54, 1.807) is 0 Å². The van der Waals surface area contributed by atoms with Crippen molar-refractivity contribution in [3.05, 3.63) is 21.7 Å². The average Bonchev–Trinajstić information content (AvgIpc) is 2.36. The largest absolute Gasteiger partial charge is 0.492 e. The number of rotatable bonds is 5. The van der Waals surface area contributed by atoms with Crippen LogP contribution in [-0.4, -0.2) is 37.4 Å². The van der Waals surface area contributed by atoms with Crippen molar-refractivity contribution in [1.82, 2.24) is 0 Å². The van der Waals surface area contributed by atoms with Crippen LogP contribution in [0.25, 0.3) is 0 Å². The number of aliphatic carboxylic acids is 1. The van der Waals surface area contributed by atoms with Gasteiger partial charge in [-0.05, 0) is 22.0 Å². The molecular weight excluding hydrogens is 308 g/mol. The lowest BCUT2D eigenvalue weighted by atomic mass is 10.1. The maximum Gasteiger partial charge on any atom is 0.377 e. The van der Waals surface area contributed by atoms with E-state index in [2.05, 4.69) is 15.9 Å². The highest BCUT2D eigenvalue weighted by Crippen LogP contribution is 2.39. The number of halogens is 1. The van der Waals surface area contributed by atoms with Crippen molar-refractivity contribution in [3.8, 4) is 11.5 Å². The Hall–Kier alpha value is -1.89. The van der Waals surface area contributed by atoms with Gasteiger partial charge in [-0.1, -0.05) is 0 Å². The molecule has 1 aromatic carbocycles. The first-order chi connectivity index (χ1) is 8.47. The molecule has 0 saturated carbocycles. The third-order valence-electron chi connectivity index (χ3n) is 2.17. The Bertz CT molecular complexity index is 523. The number of hydrogen-bond donors (Lipinski definition) is 1. The van der Waals surface area contributed by atoms with Crippen LogP contribution >= 0.6 is 15.9 Å². The molecule has 0 radical (unpaired) electrons. The quantitative estimate of drug-likeness (QED) is 0.503. The zero-order chi connectivity index (χ0) is 13.9.